The molecule has 3 aromatic rings. The molecule has 5 nitrogen and oxygen atoms in total. The molecule has 30 heavy (non-hydrogen) atoms. The van der Waals surface area contributed by atoms with Crippen molar-refractivity contribution in [3.8, 4) is 5.75 Å². The molecule has 0 aliphatic carbocycles. The maximum atomic E-state index is 12.9. The van der Waals surface area contributed by atoms with Gasteiger partial charge in [0.05, 0.1) is 0 Å². The normalized spacial score (nSPS) is 11.5. The van der Waals surface area contributed by atoms with Crippen LogP contribution in [-0.2, 0) is 4.79 Å². The van der Waals surface area contributed by atoms with Gasteiger partial charge < -0.3 is 15.4 Å². The maximum absolute atomic E-state index is 12.9. The number of nitrogens with one attached hydrogen (secondary N) is 2. The van der Waals surface area contributed by atoms with E-state index in [9.17, 15) is 14.0 Å². The van der Waals surface area contributed by atoms with E-state index in [1.807, 2.05) is 13.0 Å². The van der Waals surface area contributed by atoms with E-state index in [0.717, 1.165) is 5.56 Å². The first-order valence-corrected chi connectivity index (χ1v) is 9.60. The van der Waals surface area contributed by atoms with Crippen LogP contribution in [0.2, 0.25) is 5.02 Å². The lowest BCUT2D eigenvalue weighted by atomic mass is 10.2. The molecular weight excluding hydrogens is 407 g/mol. The Balaban J connectivity index is 1.57. The van der Waals surface area contributed by atoms with Gasteiger partial charge in [-0.1, -0.05) is 17.7 Å². The summed E-state index contributed by atoms with van der Waals surface area (Å²) >= 11 is 6.07. The minimum atomic E-state index is -0.760. The summed E-state index contributed by atoms with van der Waals surface area (Å²) in [5.41, 5.74) is 2.39. The average molecular weight is 427 g/mol. The summed E-state index contributed by atoms with van der Waals surface area (Å²) in [4.78, 5) is 24.6. The zero-order valence-electron chi connectivity index (χ0n) is 16.4. The van der Waals surface area contributed by atoms with Crippen LogP contribution in [0.1, 0.15) is 22.8 Å². The smallest absolute Gasteiger partial charge is 0.265 e. The summed E-state index contributed by atoms with van der Waals surface area (Å²) in [5, 5.41) is 6.00. The Kier molecular flexibility index (Phi) is 6.69. The average Bonchev–Trinajstić information content (AvgIpc) is 2.73. The van der Waals surface area contributed by atoms with E-state index in [1.165, 1.54) is 24.3 Å². The highest BCUT2D eigenvalue weighted by molar-refractivity contribution is 6.31. The van der Waals surface area contributed by atoms with Gasteiger partial charge >= 0.3 is 0 Å². The second kappa shape index (κ2) is 9.41. The summed E-state index contributed by atoms with van der Waals surface area (Å²) in [6.45, 7) is 3.50. The van der Waals surface area contributed by atoms with Gasteiger partial charge in [-0.15, -0.1) is 0 Å². The summed E-state index contributed by atoms with van der Waals surface area (Å²) < 4.78 is 18.6. The van der Waals surface area contributed by atoms with E-state index in [-0.39, 0.29) is 17.6 Å². The van der Waals surface area contributed by atoms with Gasteiger partial charge in [0.25, 0.3) is 11.8 Å². The van der Waals surface area contributed by atoms with Crippen molar-refractivity contribution in [3.63, 3.8) is 0 Å². The maximum Gasteiger partial charge on any atom is 0.265 e. The van der Waals surface area contributed by atoms with Crippen molar-refractivity contribution in [2.45, 2.75) is 20.0 Å². The van der Waals surface area contributed by atoms with Crippen LogP contribution in [0.25, 0.3) is 0 Å². The minimum absolute atomic E-state index is 0.326. The van der Waals surface area contributed by atoms with Crippen molar-refractivity contribution in [3.05, 3.63) is 88.7 Å². The quantitative estimate of drug-likeness (QED) is 0.551. The largest absolute Gasteiger partial charge is 0.481 e. The molecular formula is C23H20ClFN2O3. The van der Waals surface area contributed by atoms with Crippen molar-refractivity contribution >= 4 is 34.8 Å². The molecule has 3 rings (SSSR count). The third-order valence-corrected chi connectivity index (χ3v) is 4.75. The fourth-order valence-electron chi connectivity index (χ4n) is 2.59. The van der Waals surface area contributed by atoms with Gasteiger partial charge in [-0.2, -0.15) is 0 Å². The summed E-state index contributed by atoms with van der Waals surface area (Å²) in [6.07, 6.45) is -0.760. The van der Waals surface area contributed by atoms with Crippen molar-refractivity contribution in [1.82, 2.24) is 0 Å². The Morgan fingerprint density at radius 2 is 1.57 bits per heavy atom. The van der Waals surface area contributed by atoms with E-state index in [2.05, 4.69) is 10.6 Å². The number of halogens is 2. The van der Waals surface area contributed by atoms with Gasteiger partial charge in [-0.3, -0.25) is 9.59 Å². The van der Waals surface area contributed by atoms with E-state index < -0.39 is 6.10 Å². The third kappa shape index (κ3) is 5.58. The number of carbonyl (C=O) groups excluding carboxylic acids is 2. The van der Waals surface area contributed by atoms with Crippen LogP contribution in [0.5, 0.6) is 5.75 Å². The molecule has 0 aromatic heterocycles. The Bertz CT molecular complexity index is 1050. The minimum Gasteiger partial charge on any atom is -0.481 e. The van der Waals surface area contributed by atoms with Gasteiger partial charge in [0.2, 0.25) is 0 Å². The van der Waals surface area contributed by atoms with Gasteiger partial charge in [0.15, 0.2) is 6.10 Å². The van der Waals surface area contributed by atoms with Gasteiger partial charge in [-0.05, 0) is 80.1 Å². The molecule has 1 unspecified atom stereocenters. The number of anilines is 2. The SMILES string of the molecule is Cc1ccc(NC(=O)C(C)Oc2ccc(C(=O)Nc3ccc(F)cc3)cc2)cc1Cl. The van der Waals surface area contributed by atoms with Crippen molar-refractivity contribution in [2.24, 2.45) is 0 Å². The van der Waals surface area contributed by atoms with Crippen molar-refractivity contribution in [2.75, 3.05) is 10.6 Å². The number of benzene rings is 3. The lowest BCUT2D eigenvalue weighted by Gasteiger charge is -2.15. The fraction of sp³-hybridized carbons (Fsp3) is 0.130. The monoisotopic (exact) mass is 426 g/mol. The number of hydrogen-bond acceptors (Lipinski definition) is 3. The predicted molar refractivity (Wildman–Crippen MR) is 116 cm³/mol. The van der Waals surface area contributed by atoms with Crippen molar-refractivity contribution in [1.29, 1.82) is 0 Å². The first-order chi connectivity index (χ1) is 14.3. The predicted octanol–water partition coefficient (Wildman–Crippen LogP) is 5.45. The first kappa shape index (κ1) is 21.3. The molecule has 0 bridgehead atoms. The van der Waals surface area contributed by atoms with Crippen LogP contribution in [-0.4, -0.2) is 17.9 Å². The van der Waals surface area contributed by atoms with E-state index in [0.29, 0.717) is 27.7 Å². The van der Waals surface area contributed by atoms with Crippen molar-refractivity contribution < 1.29 is 18.7 Å². The summed E-state index contributed by atoms with van der Waals surface area (Å²) in [7, 11) is 0. The zero-order valence-corrected chi connectivity index (χ0v) is 17.2. The van der Waals surface area contributed by atoms with Gasteiger partial charge in [0.1, 0.15) is 11.6 Å². The fourth-order valence-corrected chi connectivity index (χ4v) is 2.77. The highest BCUT2D eigenvalue weighted by atomic mass is 35.5. The highest BCUT2D eigenvalue weighted by Crippen LogP contribution is 2.21. The number of aryl methyl sites for hydroxylation is 1. The summed E-state index contributed by atoms with van der Waals surface area (Å²) in [5.74, 6) is -0.598. The second-order valence-electron chi connectivity index (χ2n) is 6.70. The molecule has 0 spiro atoms. The first-order valence-electron chi connectivity index (χ1n) is 9.22. The molecule has 2 N–H and O–H groups in total. The van der Waals surface area contributed by atoms with Crippen LogP contribution >= 0.6 is 11.6 Å². The molecule has 1 atom stereocenters. The highest BCUT2D eigenvalue weighted by Gasteiger charge is 2.16. The molecule has 0 aliphatic heterocycles. The van der Waals surface area contributed by atoms with E-state index in [1.54, 1.807) is 43.3 Å². The Morgan fingerprint density at radius 1 is 0.933 bits per heavy atom. The van der Waals surface area contributed by atoms with Crippen LogP contribution in [0.15, 0.2) is 66.7 Å². The molecule has 3 aromatic carbocycles. The van der Waals surface area contributed by atoms with E-state index in [4.69, 9.17) is 16.3 Å². The molecule has 0 fully saturated rings. The molecule has 0 saturated heterocycles. The molecule has 7 heteroatoms. The topological polar surface area (TPSA) is 67.4 Å². The molecule has 154 valence electrons. The second-order valence-corrected chi connectivity index (χ2v) is 7.11. The van der Waals surface area contributed by atoms with E-state index >= 15 is 0 Å². The van der Waals surface area contributed by atoms with Gasteiger partial charge in [-0.25, -0.2) is 4.39 Å². The van der Waals surface area contributed by atoms with Crippen LogP contribution in [0.3, 0.4) is 0 Å². The molecule has 0 heterocycles. The molecule has 0 radical (unpaired) electrons. The lowest BCUT2D eigenvalue weighted by molar-refractivity contribution is -0.122. The molecule has 2 amide bonds. The lowest BCUT2D eigenvalue weighted by Crippen LogP contribution is -2.30. The Morgan fingerprint density at radius 3 is 2.20 bits per heavy atom. The Hall–Kier alpha value is -3.38. The number of carbonyl (C=O) groups is 2. The number of rotatable bonds is 6. The zero-order chi connectivity index (χ0) is 21.7. The number of ether oxygens (including phenoxy) is 1. The number of hydrogen-bond donors (Lipinski definition) is 2. The Labute approximate surface area is 178 Å². The third-order valence-electron chi connectivity index (χ3n) is 4.34. The molecule has 0 aliphatic rings. The van der Waals surface area contributed by atoms with Crippen LogP contribution in [0.4, 0.5) is 15.8 Å². The van der Waals surface area contributed by atoms with Crippen LogP contribution in [0, 0.1) is 12.7 Å². The van der Waals surface area contributed by atoms with Gasteiger partial charge in [0, 0.05) is 22.0 Å². The standard InChI is InChI=1S/C23H20ClFN2O3/c1-14-3-8-19(13-21(14)24)27-22(28)15(2)30-20-11-4-16(5-12-20)23(29)26-18-9-6-17(25)7-10-18/h3-13,15H,1-2H3,(H,26,29)(H,27,28). The summed E-state index contributed by atoms with van der Waals surface area (Å²) in [6, 6.07) is 17.1. The van der Waals surface area contributed by atoms with Crippen LogP contribution < -0.4 is 15.4 Å². The number of amides is 2. The molecule has 0 saturated carbocycles.